The monoisotopic (exact) mass is 272 g/mol. The molecule has 0 aliphatic rings. The summed E-state index contributed by atoms with van der Waals surface area (Å²) < 4.78 is 13.8. The molecular formula is C13H9FN4O2. The zero-order valence-electron chi connectivity index (χ0n) is 10.1. The number of H-pyrrole nitrogens is 2. The smallest absolute Gasteiger partial charge is 0.325 e. The molecule has 100 valence electrons. The van der Waals surface area contributed by atoms with Crippen LogP contribution in [0.25, 0.3) is 22.3 Å². The summed E-state index contributed by atoms with van der Waals surface area (Å²) in [4.78, 5) is 31.4. The number of halogens is 1. The number of pyridine rings is 1. The first-order valence-electron chi connectivity index (χ1n) is 5.73. The minimum absolute atomic E-state index is 0.179. The molecule has 0 atom stereocenters. The number of rotatable bonds is 2. The van der Waals surface area contributed by atoms with Crippen LogP contribution >= 0.6 is 0 Å². The Balaban J connectivity index is 2.23. The van der Waals surface area contributed by atoms with Crippen LogP contribution in [0.2, 0.25) is 0 Å². The molecule has 6 nitrogen and oxygen atoms in total. The fourth-order valence-electron chi connectivity index (χ4n) is 2.06. The van der Waals surface area contributed by atoms with Crippen LogP contribution < -0.4 is 11.4 Å². The highest BCUT2D eigenvalue weighted by Crippen LogP contribution is 2.26. The number of imidazole rings is 1. The number of benzene rings is 1. The molecule has 3 rings (SSSR count). The predicted molar refractivity (Wildman–Crippen MR) is 70.6 cm³/mol. The summed E-state index contributed by atoms with van der Waals surface area (Å²) in [5.41, 5.74) is 6.45. The fraction of sp³-hybridized carbons (Fsp3) is 0. The Hall–Kier alpha value is -2.96. The first kappa shape index (κ1) is 12.1. The van der Waals surface area contributed by atoms with Crippen molar-refractivity contribution in [1.29, 1.82) is 0 Å². The SMILES string of the molecule is NC(=O)c1ccc(-c2ccnc3[nH]c(=O)[nH]c23)cc1F. The maximum Gasteiger partial charge on any atom is 0.325 e. The van der Waals surface area contributed by atoms with E-state index in [1.165, 1.54) is 18.3 Å². The van der Waals surface area contributed by atoms with Crippen LogP contribution in [-0.2, 0) is 0 Å². The van der Waals surface area contributed by atoms with Gasteiger partial charge >= 0.3 is 5.69 Å². The van der Waals surface area contributed by atoms with Gasteiger partial charge in [-0.25, -0.2) is 14.2 Å². The number of hydrogen-bond acceptors (Lipinski definition) is 3. The summed E-state index contributed by atoms with van der Waals surface area (Å²) in [6.45, 7) is 0. The van der Waals surface area contributed by atoms with Gasteiger partial charge < -0.3 is 10.7 Å². The predicted octanol–water partition coefficient (Wildman–Crippen LogP) is 1.16. The number of nitrogens with two attached hydrogens (primary N) is 1. The number of nitrogens with one attached hydrogen (secondary N) is 2. The molecule has 7 heteroatoms. The van der Waals surface area contributed by atoms with Crippen LogP contribution in [-0.4, -0.2) is 20.9 Å². The lowest BCUT2D eigenvalue weighted by atomic mass is 10.0. The minimum atomic E-state index is -0.830. The van der Waals surface area contributed by atoms with Gasteiger partial charge in [-0.1, -0.05) is 6.07 Å². The molecule has 1 amide bonds. The minimum Gasteiger partial charge on any atom is -0.366 e. The summed E-state index contributed by atoms with van der Waals surface area (Å²) in [6, 6.07) is 5.71. The van der Waals surface area contributed by atoms with E-state index in [9.17, 15) is 14.0 Å². The molecule has 0 saturated carbocycles. The van der Waals surface area contributed by atoms with Crippen molar-refractivity contribution >= 4 is 17.1 Å². The Morgan fingerprint density at radius 3 is 2.75 bits per heavy atom. The lowest BCUT2D eigenvalue weighted by molar-refractivity contribution is 0.0996. The van der Waals surface area contributed by atoms with Crippen LogP contribution in [0, 0.1) is 5.82 Å². The third-order valence-corrected chi connectivity index (χ3v) is 2.97. The average molecular weight is 272 g/mol. The molecule has 0 aliphatic heterocycles. The molecule has 0 unspecified atom stereocenters. The number of hydrogen-bond donors (Lipinski definition) is 3. The van der Waals surface area contributed by atoms with E-state index in [0.717, 1.165) is 0 Å². The first-order chi connectivity index (χ1) is 9.56. The van der Waals surface area contributed by atoms with Gasteiger partial charge in [-0.15, -0.1) is 0 Å². The molecule has 2 heterocycles. The molecule has 4 N–H and O–H groups in total. The van der Waals surface area contributed by atoms with Crippen LogP contribution in [0.1, 0.15) is 10.4 Å². The number of amides is 1. The number of nitrogens with zero attached hydrogens (tertiary/aromatic N) is 1. The second-order valence-electron chi connectivity index (χ2n) is 4.22. The van der Waals surface area contributed by atoms with Gasteiger partial charge in [0.1, 0.15) is 5.82 Å². The van der Waals surface area contributed by atoms with Crippen molar-refractivity contribution in [2.45, 2.75) is 0 Å². The molecule has 0 aliphatic carbocycles. The van der Waals surface area contributed by atoms with E-state index < -0.39 is 17.4 Å². The second kappa shape index (κ2) is 4.30. The summed E-state index contributed by atoms with van der Waals surface area (Å²) in [5.74, 6) is -1.54. The van der Waals surface area contributed by atoms with E-state index in [4.69, 9.17) is 5.73 Å². The number of primary amides is 1. The topological polar surface area (TPSA) is 105 Å². The van der Waals surface area contributed by atoms with Crippen molar-refractivity contribution in [2.75, 3.05) is 0 Å². The van der Waals surface area contributed by atoms with Crippen molar-refractivity contribution in [3.8, 4) is 11.1 Å². The molecular weight excluding hydrogens is 263 g/mol. The average Bonchev–Trinajstić information content (AvgIpc) is 2.77. The molecule has 0 bridgehead atoms. The van der Waals surface area contributed by atoms with E-state index in [1.807, 2.05) is 0 Å². The molecule has 3 aromatic rings. The van der Waals surface area contributed by atoms with E-state index in [-0.39, 0.29) is 5.56 Å². The molecule has 0 fully saturated rings. The quantitative estimate of drug-likeness (QED) is 0.651. The standard InChI is InChI=1S/C13H9FN4O2/c14-9-5-6(1-2-8(9)11(15)19)7-3-4-16-12-10(7)17-13(20)18-12/h1-5H,(H2,15,19)(H2,16,17,18,20). The van der Waals surface area contributed by atoms with Crippen molar-refractivity contribution in [1.82, 2.24) is 15.0 Å². The zero-order valence-corrected chi connectivity index (χ0v) is 10.1. The maximum atomic E-state index is 13.8. The van der Waals surface area contributed by atoms with Gasteiger partial charge in [0.15, 0.2) is 5.65 Å². The third-order valence-electron chi connectivity index (χ3n) is 2.97. The highest BCUT2D eigenvalue weighted by atomic mass is 19.1. The molecule has 20 heavy (non-hydrogen) atoms. The summed E-state index contributed by atoms with van der Waals surface area (Å²) >= 11 is 0. The van der Waals surface area contributed by atoms with Gasteiger partial charge in [-0.2, -0.15) is 0 Å². The lowest BCUT2D eigenvalue weighted by Crippen LogP contribution is -2.12. The summed E-state index contributed by atoms with van der Waals surface area (Å²) in [5, 5.41) is 0. The Labute approximate surface area is 111 Å². The fourth-order valence-corrected chi connectivity index (χ4v) is 2.06. The van der Waals surface area contributed by atoms with Crippen LogP contribution in [0.5, 0.6) is 0 Å². The van der Waals surface area contributed by atoms with Crippen molar-refractivity contribution in [3.05, 3.63) is 52.3 Å². The van der Waals surface area contributed by atoms with Gasteiger partial charge in [-0.05, 0) is 23.8 Å². The number of aromatic nitrogens is 3. The number of aromatic amines is 2. The van der Waals surface area contributed by atoms with Gasteiger partial charge in [0.2, 0.25) is 0 Å². The van der Waals surface area contributed by atoms with Crippen LogP contribution in [0.3, 0.4) is 0 Å². The maximum absolute atomic E-state index is 13.8. The number of fused-ring (bicyclic) bond motifs is 1. The van der Waals surface area contributed by atoms with E-state index in [2.05, 4.69) is 15.0 Å². The van der Waals surface area contributed by atoms with Crippen molar-refractivity contribution in [3.63, 3.8) is 0 Å². The highest BCUT2D eigenvalue weighted by Gasteiger charge is 2.12. The molecule has 0 saturated heterocycles. The summed E-state index contributed by atoms with van der Waals surface area (Å²) in [7, 11) is 0. The third kappa shape index (κ3) is 1.85. The van der Waals surface area contributed by atoms with Crippen molar-refractivity contribution in [2.24, 2.45) is 5.73 Å². The van der Waals surface area contributed by atoms with E-state index in [1.54, 1.807) is 12.1 Å². The van der Waals surface area contributed by atoms with E-state index in [0.29, 0.717) is 22.3 Å². The van der Waals surface area contributed by atoms with Gasteiger partial charge in [-0.3, -0.25) is 9.78 Å². The Morgan fingerprint density at radius 1 is 1.25 bits per heavy atom. The number of carbonyl (C=O) groups excluding carboxylic acids is 1. The normalized spacial score (nSPS) is 10.8. The Bertz CT molecular complexity index is 881. The largest absolute Gasteiger partial charge is 0.366 e. The van der Waals surface area contributed by atoms with Gasteiger partial charge in [0.25, 0.3) is 5.91 Å². The highest BCUT2D eigenvalue weighted by molar-refractivity contribution is 5.95. The molecule has 2 aromatic heterocycles. The molecule has 1 aromatic carbocycles. The number of carbonyl (C=O) groups is 1. The van der Waals surface area contributed by atoms with Gasteiger partial charge in [0, 0.05) is 11.8 Å². The Morgan fingerprint density at radius 2 is 2.05 bits per heavy atom. The van der Waals surface area contributed by atoms with Crippen molar-refractivity contribution < 1.29 is 9.18 Å². The summed E-state index contributed by atoms with van der Waals surface area (Å²) in [6.07, 6.45) is 1.50. The second-order valence-corrected chi connectivity index (χ2v) is 4.22. The Kier molecular flexibility index (Phi) is 2.60. The first-order valence-corrected chi connectivity index (χ1v) is 5.73. The van der Waals surface area contributed by atoms with Crippen LogP contribution in [0.15, 0.2) is 35.3 Å². The lowest BCUT2D eigenvalue weighted by Gasteiger charge is -2.05. The van der Waals surface area contributed by atoms with Crippen LogP contribution in [0.4, 0.5) is 4.39 Å². The van der Waals surface area contributed by atoms with E-state index >= 15 is 0 Å². The molecule has 0 radical (unpaired) electrons. The zero-order chi connectivity index (χ0) is 14.3. The molecule has 0 spiro atoms. The van der Waals surface area contributed by atoms with Gasteiger partial charge in [0.05, 0.1) is 11.1 Å².